The van der Waals surface area contributed by atoms with E-state index in [1.807, 2.05) is 19.1 Å². The van der Waals surface area contributed by atoms with E-state index < -0.39 is 0 Å². The fourth-order valence-electron chi connectivity index (χ4n) is 1.22. The number of rotatable bonds is 3. The zero-order valence-corrected chi connectivity index (χ0v) is 7.67. The van der Waals surface area contributed by atoms with Gasteiger partial charge in [0.1, 0.15) is 0 Å². The molecule has 0 saturated carbocycles. The second-order valence-corrected chi connectivity index (χ2v) is 2.98. The SMILES string of the molecule is C/C=C/CNC1CCC(=O)NC1=O. The second-order valence-electron chi connectivity index (χ2n) is 2.98. The van der Waals surface area contributed by atoms with Crippen LogP contribution >= 0.6 is 0 Å². The maximum atomic E-state index is 11.2. The van der Waals surface area contributed by atoms with Gasteiger partial charge in [-0.2, -0.15) is 0 Å². The van der Waals surface area contributed by atoms with Crippen LogP contribution in [0.2, 0.25) is 0 Å². The third-order valence-electron chi connectivity index (χ3n) is 1.96. The molecule has 72 valence electrons. The Morgan fingerprint density at radius 1 is 1.62 bits per heavy atom. The van der Waals surface area contributed by atoms with Crippen molar-refractivity contribution in [3.63, 3.8) is 0 Å². The second kappa shape index (κ2) is 4.77. The number of hydrogen-bond donors (Lipinski definition) is 2. The Hall–Kier alpha value is -1.16. The number of nitrogens with one attached hydrogen (secondary N) is 2. The number of carbonyl (C=O) groups is 2. The van der Waals surface area contributed by atoms with Gasteiger partial charge in [0.15, 0.2) is 0 Å². The Kier molecular flexibility index (Phi) is 3.64. The first-order valence-electron chi connectivity index (χ1n) is 4.42. The molecule has 2 N–H and O–H groups in total. The molecular weight excluding hydrogens is 168 g/mol. The Morgan fingerprint density at radius 3 is 3.00 bits per heavy atom. The van der Waals surface area contributed by atoms with Crippen LogP contribution in [0.4, 0.5) is 0 Å². The zero-order valence-electron chi connectivity index (χ0n) is 7.67. The first-order valence-corrected chi connectivity index (χ1v) is 4.42. The van der Waals surface area contributed by atoms with Crippen LogP contribution in [0.3, 0.4) is 0 Å². The molecule has 1 aliphatic rings. The van der Waals surface area contributed by atoms with Gasteiger partial charge in [0.2, 0.25) is 11.8 Å². The van der Waals surface area contributed by atoms with E-state index in [0.717, 1.165) is 0 Å². The summed E-state index contributed by atoms with van der Waals surface area (Å²) in [6.07, 6.45) is 4.88. The minimum atomic E-state index is -0.214. The molecule has 4 nitrogen and oxygen atoms in total. The van der Waals surface area contributed by atoms with Crippen LogP contribution in [0.5, 0.6) is 0 Å². The number of allylic oxidation sites excluding steroid dienone is 1. The van der Waals surface area contributed by atoms with E-state index >= 15 is 0 Å². The highest BCUT2D eigenvalue weighted by atomic mass is 16.2. The molecule has 0 bridgehead atoms. The van der Waals surface area contributed by atoms with Crippen molar-refractivity contribution in [1.29, 1.82) is 0 Å². The molecule has 0 spiro atoms. The topological polar surface area (TPSA) is 58.2 Å². The Labute approximate surface area is 77.4 Å². The maximum absolute atomic E-state index is 11.2. The predicted molar refractivity (Wildman–Crippen MR) is 49.0 cm³/mol. The minimum absolute atomic E-state index is 0.172. The summed E-state index contributed by atoms with van der Waals surface area (Å²) < 4.78 is 0. The van der Waals surface area contributed by atoms with E-state index in [1.54, 1.807) is 0 Å². The van der Waals surface area contributed by atoms with Gasteiger partial charge in [-0.05, 0) is 13.3 Å². The molecule has 1 atom stereocenters. The smallest absolute Gasteiger partial charge is 0.243 e. The van der Waals surface area contributed by atoms with Crippen LogP contribution < -0.4 is 10.6 Å². The van der Waals surface area contributed by atoms with Crippen molar-refractivity contribution in [2.75, 3.05) is 6.54 Å². The third-order valence-corrected chi connectivity index (χ3v) is 1.96. The molecule has 0 aromatic heterocycles. The average Bonchev–Trinajstić information content (AvgIpc) is 2.09. The lowest BCUT2D eigenvalue weighted by Crippen LogP contribution is -2.50. The molecule has 0 aromatic rings. The van der Waals surface area contributed by atoms with Crippen molar-refractivity contribution in [3.8, 4) is 0 Å². The standard InChI is InChI=1S/C9H14N2O2/c1-2-3-6-10-7-4-5-8(12)11-9(7)13/h2-3,7,10H,4-6H2,1H3,(H,11,12,13)/b3-2+. The van der Waals surface area contributed by atoms with Gasteiger partial charge in [-0.25, -0.2) is 0 Å². The van der Waals surface area contributed by atoms with Crippen LogP contribution in [0.1, 0.15) is 19.8 Å². The first kappa shape index (κ1) is 9.92. The van der Waals surface area contributed by atoms with Gasteiger partial charge in [-0.1, -0.05) is 12.2 Å². The largest absolute Gasteiger partial charge is 0.302 e. The highest BCUT2D eigenvalue weighted by Crippen LogP contribution is 2.03. The van der Waals surface area contributed by atoms with E-state index in [9.17, 15) is 9.59 Å². The fraction of sp³-hybridized carbons (Fsp3) is 0.556. The van der Waals surface area contributed by atoms with Gasteiger partial charge >= 0.3 is 0 Å². The Bertz CT molecular complexity index is 236. The normalized spacial score (nSPS) is 23.6. The Morgan fingerprint density at radius 2 is 2.38 bits per heavy atom. The van der Waals surface area contributed by atoms with E-state index in [4.69, 9.17) is 0 Å². The van der Waals surface area contributed by atoms with Crippen molar-refractivity contribution in [1.82, 2.24) is 10.6 Å². The molecule has 4 heteroatoms. The maximum Gasteiger partial charge on any atom is 0.243 e. The summed E-state index contributed by atoms with van der Waals surface area (Å²) in [7, 11) is 0. The van der Waals surface area contributed by atoms with Crippen molar-refractivity contribution in [2.45, 2.75) is 25.8 Å². The summed E-state index contributed by atoms with van der Waals surface area (Å²) in [5, 5.41) is 5.33. The summed E-state index contributed by atoms with van der Waals surface area (Å²) >= 11 is 0. The molecule has 1 unspecified atom stereocenters. The van der Waals surface area contributed by atoms with Crippen molar-refractivity contribution in [2.24, 2.45) is 0 Å². The molecule has 0 aliphatic carbocycles. The van der Waals surface area contributed by atoms with Gasteiger partial charge in [0.25, 0.3) is 0 Å². The summed E-state index contributed by atoms with van der Waals surface area (Å²) in [6.45, 7) is 2.59. The zero-order chi connectivity index (χ0) is 9.68. The van der Waals surface area contributed by atoms with Gasteiger partial charge in [0.05, 0.1) is 6.04 Å². The minimum Gasteiger partial charge on any atom is -0.302 e. The molecule has 2 amide bonds. The average molecular weight is 182 g/mol. The third kappa shape index (κ3) is 2.99. The van der Waals surface area contributed by atoms with Crippen LogP contribution in [-0.2, 0) is 9.59 Å². The number of carbonyl (C=O) groups excluding carboxylic acids is 2. The Balaban J connectivity index is 2.34. The molecule has 1 fully saturated rings. The summed E-state index contributed by atoms with van der Waals surface area (Å²) in [6, 6.07) is -0.214. The monoisotopic (exact) mass is 182 g/mol. The van der Waals surface area contributed by atoms with Gasteiger partial charge in [-0.15, -0.1) is 0 Å². The molecule has 1 rings (SSSR count). The molecule has 1 saturated heterocycles. The van der Waals surface area contributed by atoms with E-state index in [0.29, 0.717) is 19.4 Å². The van der Waals surface area contributed by atoms with E-state index in [1.165, 1.54) is 0 Å². The lowest BCUT2D eigenvalue weighted by Gasteiger charge is -2.20. The van der Waals surface area contributed by atoms with Crippen LogP contribution in [0, 0.1) is 0 Å². The lowest BCUT2D eigenvalue weighted by molar-refractivity contribution is -0.134. The summed E-state index contributed by atoms with van der Waals surface area (Å²) in [4.78, 5) is 22.0. The number of hydrogen-bond acceptors (Lipinski definition) is 3. The molecule has 1 heterocycles. The number of piperidine rings is 1. The van der Waals surface area contributed by atoms with Crippen molar-refractivity contribution in [3.05, 3.63) is 12.2 Å². The summed E-state index contributed by atoms with van der Waals surface area (Å²) in [5.74, 6) is -0.380. The molecule has 13 heavy (non-hydrogen) atoms. The van der Waals surface area contributed by atoms with Crippen LogP contribution in [0.15, 0.2) is 12.2 Å². The molecular formula is C9H14N2O2. The quantitative estimate of drug-likeness (QED) is 0.475. The predicted octanol–water partition coefficient (Wildman–Crippen LogP) is -0.0427. The van der Waals surface area contributed by atoms with E-state index in [-0.39, 0.29) is 17.9 Å². The van der Waals surface area contributed by atoms with Crippen molar-refractivity contribution < 1.29 is 9.59 Å². The number of amides is 2. The van der Waals surface area contributed by atoms with Crippen LogP contribution in [-0.4, -0.2) is 24.4 Å². The van der Waals surface area contributed by atoms with Crippen molar-refractivity contribution >= 4 is 11.8 Å². The van der Waals surface area contributed by atoms with Crippen LogP contribution in [0.25, 0.3) is 0 Å². The molecule has 1 aliphatic heterocycles. The highest BCUT2D eigenvalue weighted by Gasteiger charge is 2.25. The lowest BCUT2D eigenvalue weighted by atomic mass is 10.1. The van der Waals surface area contributed by atoms with Gasteiger partial charge in [0, 0.05) is 13.0 Å². The van der Waals surface area contributed by atoms with E-state index in [2.05, 4.69) is 10.6 Å². The van der Waals surface area contributed by atoms with Gasteiger partial charge < -0.3 is 5.32 Å². The van der Waals surface area contributed by atoms with Gasteiger partial charge in [-0.3, -0.25) is 14.9 Å². The highest BCUT2D eigenvalue weighted by molar-refractivity contribution is 6.00. The number of imide groups is 1. The molecule has 0 radical (unpaired) electrons. The fourth-order valence-corrected chi connectivity index (χ4v) is 1.22. The summed E-state index contributed by atoms with van der Waals surface area (Å²) in [5.41, 5.74) is 0. The first-order chi connectivity index (χ1) is 6.24. The molecule has 0 aromatic carbocycles.